The van der Waals surface area contributed by atoms with Crippen molar-refractivity contribution in [2.45, 2.75) is 51.5 Å². The van der Waals surface area contributed by atoms with Gasteiger partial charge in [-0.05, 0) is 67.9 Å². The summed E-state index contributed by atoms with van der Waals surface area (Å²) >= 11 is 0. The number of likely N-dealkylation sites (N-methyl/N-ethyl adjacent to an activating group) is 1. The van der Waals surface area contributed by atoms with Gasteiger partial charge in [0.05, 0.1) is 37.8 Å². The Labute approximate surface area is 280 Å². The molecule has 1 fully saturated rings. The highest BCUT2D eigenvalue weighted by Gasteiger charge is 2.38. The molecule has 0 spiro atoms. The van der Waals surface area contributed by atoms with Crippen LogP contribution in [-0.4, -0.2) is 78.0 Å². The molecule has 0 radical (unpaired) electrons. The molecule has 3 atom stereocenters. The van der Waals surface area contributed by atoms with E-state index in [0.717, 1.165) is 48.2 Å². The molecule has 4 rings (SSSR count). The highest BCUT2D eigenvalue weighted by Crippen LogP contribution is 2.24. The van der Waals surface area contributed by atoms with Gasteiger partial charge >= 0.3 is 18.2 Å². The van der Waals surface area contributed by atoms with E-state index >= 15 is 0 Å². The van der Waals surface area contributed by atoms with Crippen LogP contribution in [-0.2, 0) is 27.3 Å². The van der Waals surface area contributed by atoms with Crippen LogP contribution in [0.5, 0.6) is 5.75 Å². The van der Waals surface area contributed by atoms with E-state index in [4.69, 9.17) is 14.6 Å². The van der Waals surface area contributed by atoms with E-state index in [-0.39, 0.29) is 36.5 Å². The monoisotopic (exact) mass is 690 g/mol. The summed E-state index contributed by atoms with van der Waals surface area (Å²) in [7, 11) is 0. The van der Waals surface area contributed by atoms with E-state index in [0.29, 0.717) is 11.3 Å². The number of benzene rings is 3. The van der Waals surface area contributed by atoms with Gasteiger partial charge in [0.15, 0.2) is 0 Å². The van der Waals surface area contributed by atoms with Gasteiger partial charge < -0.3 is 40.2 Å². The van der Waals surface area contributed by atoms with Crippen molar-refractivity contribution in [1.82, 2.24) is 10.6 Å². The highest BCUT2D eigenvalue weighted by molar-refractivity contribution is 5.95. The Kier molecular flexibility index (Phi) is 13.5. The number of carboxylic acids is 1. The topological polar surface area (TPSA) is 157 Å². The Hall–Kier alpha value is -5.18. The summed E-state index contributed by atoms with van der Waals surface area (Å²) in [5.74, 6) is -3.92. The molecule has 3 aromatic rings. The van der Waals surface area contributed by atoms with Crippen molar-refractivity contribution in [1.29, 1.82) is 0 Å². The summed E-state index contributed by atoms with van der Waals surface area (Å²) in [6, 6.07) is 17.8. The van der Waals surface area contributed by atoms with Crippen LogP contribution < -0.4 is 21.1 Å². The van der Waals surface area contributed by atoms with E-state index in [1.807, 2.05) is 0 Å². The molecule has 4 N–H and O–H groups in total. The van der Waals surface area contributed by atoms with E-state index in [2.05, 4.69) is 22.9 Å². The lowest BCUT2D eigenvalue weighted by atomic mass is 10.0. The van der Waals surface area contributed by atoms with Crippen molar-refractivity contribution in [2.75, 3.05) is 31.6 Å². The number of phenolic OH excluding ortho intramolecular Hbond substituents is 1. The van der Waals surface area contributed by atoms with Gasteiger partial charge in [0, 0.05) is 24.1 Å². The second-order valence-electron chi connectivity index (χ2n) is 11.4. The fraction of sp³-hybridized carbons (Fsp3) is 0.353. The maximum Gasteiger partial charge on any atom is 0.430 e. The standard InChI is InChI=1S/C32H37FN4O5.C2HF3O2/c1-3-37(20-23-5-11-25(33)12-6-23)18-17-27(21-37)34-30(39)29(19-22-7-15-28(38)16-8-22)36-32(41)35-26-13-9-24(10-14-26)31(40)42-4-2;3-2(4,5)1(6)7/h5-16,27,29H,3-4,17-21H2,1-2H3,(H3-,34,35,36,38,39,40,41);(H,6,7)/t27-,29-,37?;/m0./s1. The van der Waals surface area contributed by atoms with Gasteiger partial charge in [-0.3, -0.25) is 4.79 Å². The van der Waals surface area contributed by atoms with Crippen LogP contribution in [0.15, 0.2) is 72.8 Å². The predicted octanol–water partition coefficient (Wildman–Crippen LogP) is 3.66. The number of ether oxygens (including phenoxy) is 1. The van der Waals surface area contributed by atoms with Crippen LogP contribution in [0.4, 0.5) is 28.0 Å². The summed E-state index contributed by atoms with van der Waals surface area (Å²) < 4.78 is 50.7. The largest absolute Gasteiger partial charge is 0.542 e. The molecule has 15 heteroatoms. The molecule has 264 valence electrons. The zero-order valence-electron chi connectivity index (χ0n) is 26.9. The fourth-order valence-corrected chi connectivity index (χ4v) is 5.33. The summed E-state index contributed by atoms with van der Waals surface area (Å²) in [5.41, 5.74) is 2.63. The summed E-state index contributed by atoms with van der Waals surface area (Å²) in [6.45, 7) is 7.32. The third-order valence-electron chi connectivity index (χ3n) is 7.89. The zero-order chi connectivity index (χ0) is 36.2. The molecule has 0 saturated carbocycles. The number of phenols is 1. The summed E-state index contributed by atoms with van der Waals surface area (Å²) in [5, 5.41) is 27.1. The zero-order valence-corrected chi connectivity index (χ0v) is 26.9. The number of anilines is 1. The Bertz CT molecular complexity index is 1570. The summed E-state index contributed by atoms with van der Waals surface area (Å²) in [4.78, 5) is 47.2. The molecule has 11 nitrogen and oxygen atoms in total. The molecule has 1 unspecified atom stereocenters. The molecule has 3 aromatic carbocycles. The number of carbonyl (C=O) groups excluding carboxylic acids is 4. The lowest BCUT2D eigenvalue weighted by Gasteiger charge is -2.33. The minimum Gasteiger partial charge on any atom is -0.542 e. The number of halogens is 4. The molecule has 3 amide bonds. The molecular weight excluding hydrogens is 652 g/mol. The quantitative estimate of drug-likeness (QED) is 0.136. The number of esters is 1. The predicted molar refractivity (Wildman–Crippen MR) is 168 cm³/mol. The number of nitrogens with zero attached hydrogens (tertiary/aromatic N) is 1. The SMILES string of the molecule is CCOC(=O)c1ccc(NC(=O)N[C@@H](Cc2ccc(O)cc2)C(=O)N[C@H]2CC[N+](CC)(Cc3ccc(F)cc3)C2)cc1.O=C([O-])C(F)(F)F. The average molecular weight is 691 g/mol. The molecule has 1 saturated heterocycles. The van der Waals surface area contributed by atoms with Gasteiger partial charge in [0.2, 0.25) is 5.91 Å². The second-order valence-corrected chi connectivity index (χ2v) is 11.4. The first-order chi connectivity index (χ1) is 23.1. The maximum absolute atomic E-state index is 13.5. The van der Waals surface area contributed by atoms with Gasteiger partial charge in [-0.25, -0.2) is 14.0 Å². The number of nitrogens with one attached hydrogen (secondary N) is 3. The first-order valence-corrected chi connectivity index (χ1v) is 15.4. The van der Waals surface area contributed by atoms with Crippen molar-refractivity contribution in [3.63, 3.8) is 0 Å². The van der Waals surface area contributed by atoms with Gasteiger partial charge in [0.1, 0.15) is 30.1 Å². The third kappa shape index (κ3) is 12.1. The Morgan fingerprint density at radius 3 is 2.10 bits per heavy atom. The van der Waals surface area contributed by atoms with Crippen LogP contribution in [0.2, 0.25) is 0 Å². The van der Waals surface area contributed by atoms with Crippen LogP contribution in [0, 0.1) is 5.82 Å². The van der Waals surface area contributed by atoms with Crippen molar-refractivity contribution in [3.8, 4) is 5.75 Å². The lowest BCUT2D eigenvalue weighted by molar-refractivity contribution is -0.928. The van der Waals surface area contributed by atoms with Crippen LogP contribution >= 0.6 is 0 Å². The van der Waals surface area contributed by atoms with Crippen molar-refractivity contribution in [2.24, 2.45) is 0 Å². The van der Waals surface area contributed by atoms with Crippen LogP contribution in [0.25, 0.3) is 0 Å². The number of carbonyl (C=O) groups is 4. The number of quaternary nitrogens is 1. The smallest absolute Gasteiger partial charge is 0.430 e. The Morgan fingerprint density at radius 2 is 1.55 bits per heavy atom. The number of hydrogen-bond acceptors (Lipinski definition) is 7. The fourth-order valence-electron chi connectivity index (χ4n) is 5.33. The Balaban J connectivity index is 0.000000838. The van der Waals surface area contributed by atoms with Crippen LogP contribution in [0.1, 0.15) is 41.8 Å². The van der Waals surface area contributed by atoms with Crippen molar-refractivity contribution >= 4 is 29.6 Å². The molecule has 0 bridgehead atoms. The van der Waals surface area contributed by atoms with E-state index in [1.165, 1.54) is 24.3 Å². The minimum absolute atomic E-state index is 0.0829. The van der Waals surface area contributed by atoms with E-state index in [9.17, 15) is 37.1 Å². The van der Waals surface area contributed by atoms with Crippen LogP contribution in [0.3, 0.4) is 0 Å². The first-order valence-electron chi connectivity index (χ1n) is 15.4. The number of alkyl halides is 3. The second kappa shape index (κ2) is 17.3. The van der Waals surface area contributed by atoms with Crippen molar-refractivity contribution < 1.29 is 56.2 Å². The average Bonchev–Trinajstić information content (AvgIpc) is 3.45. The molecule has 0 aromatic heterocycles. The third-order valence-corrected chi connectivity index (χ3v) is 7.89. The number of hydrogen-bond donors (Lipinski definition) is 4. The summed E-state index contributed by atoms with van der Waals surface area (Å²) in [6.07, 6.45) is -4.19. The molecule has 49 heavy (non-hydrogen) atoms. The molecule has 0 aliphatic carbocycles. The maximum atomic E-state index is 13.5. The Morgan fingerprint density at radius 1 is 0.959 bits per heavy atom. The minimum atomic E-state index is -5.19. The molecule has 1 heterocycles. The van der Waals surface area contributed by atoms with E-state index < -0.39 is 30.2 Å². The number of aliphatic carboxylic acids is 1. The first kappa shape index (κ1) is 38.3. The molecular formula is C34H38F4N4O7. The number of aromatic hydroxyl groups is 1. The number of rotatable bonds is 11. The van der Waals surface area contributed by atoms with Crippen molar-refractivity contribution in [3.05, 3.63) is 95.3 Å². The molecule has 1 aliphatic rings. The number of amides is 3. The van der Waals surface area contributed by atoms with Gasteiger partial charge in [-0.1, -0.05) is 24.3 Å². The highest BCUT2D eigenvalue weighted by atomic mass is 19.4. The van der Waals surface area contributed by atoms with Gasteiger partial charge in [-0.15, -0.1) is 0 Å². The van der Waals surface area contributed by atoms with Gasteiger partial charge in [-0.2, -0.15) is 13.2 Å². The normalized spacial score (nSPS) is 17.6. The number of likely N-dealkylation sites (tertiary alicyclic amines) is 1. The number of carboxylic acid groups (broad SMARTS) is 1. The molecule has 1 aliphatic heterocycles. The lowest BCUT2D eigenvalue weighted by Crippen LogP contribution is -2.53. The number of urea groups is 1. The van der Waals surface area contributed by atoms with E-state index in [1.54, 1.807) is 55.5 Å². The van der Waals surface area contributed by atoms with Gasteiger partial charge in [0.25, 0.3) is 0 Å².